The Morgan fingerprint density at radius 1 is 1.38 bits per heavy atom. The monoisotopic (exact) mass is 187 g/mol. The summed E-state index contributed by atoms with van der Waals surface area (Å²) in [6, 6.07) is 0.393. The molecule has 0 aromatic carbocycles. The Morgan fingerprint density at radius 2 is 2.23 bits per heavy atom. The second-order valence-electron chi connectivity index (χ2n) is 2.37. The first-order valence-electron chi connectivity index (χ1n) is 3.91. The summed E-state index contributed by atoms with van der Waals surface area (Å²) >= 11 is 0. The minimum Gasteiger partial charge on any atom is -0.383 e. The third-order valence-corrected chi connectivity index (χ3v) is 1.32. The normalized spacial score (nSPS) is 10.3. The molecular weight excluding hydrogens is 174 g/mol. The van der Waals surface area contributed by atoms with Gasteiger partial charge in [0.2, 0.25) is 0 Å². The van der Waals surface area contributed by atoms with Gasteiger partial charge in [0, 0.05) is 20.8 Å². The van der Waals surface area contributed by atoms with Gasteiger partial charge in [0.1, 0.15) is 6.61 Å². The molecule has 0 saturated carbocycles. The molecule has 6 nitrogen and oxygen atoms in total. The molecular formula is C7H13N3O3. The SMILES string of the molecule is COCCNc1nc(COC)no1. The lowest BCUT2D eigenvalue weighted by molar-refractivity contribution is 0.174. The molecule has 13 heavy (non-hydrogen) atoms. The van der Waals surface area contributed by atoms with Gasteiger partial charge in [-0.1, -0.05) is 5.16 Å². The summed E-state index contributed by atoms with van der Waals surface area (Å²) in [5, 5.41) is 6.57. The Bertz CT molecular complexity index is 239. The van der Waals surface area contributed by atoms with E-state index < -0.39 is 0 Å². The molecule has 1 aromatic heterocycles. The van der Waals surface area contributed by atoms with E-state index in [0.717, 1.165) is 0 Å². The van der Waals surface area contributed by atoms with E-state index in [-0.39, 0.29) is 0 Å². The highest BCUT2D eigenvalue weighted by Gasteiger charge is 2.03. The standard InChI is InChI=1S/C7H13N3O3/c1-11-4-3-8-7-9-6(5-12-2)10-13-7/h3-5H2,1-2H3,(H,8,9,10). The van der Waals surface area contributed by atoms with Crippen LogP contribution in [-0.2, 0) is 16.1 Å². The molecule has 1 N–H and O–H groups in total. The van der Waals surface area contributed by atoms with Crippen molar-refractivity contribution in [3.05, 3.63) is 5.82 Å². The summed E-state index contributed by atoms with van der Waals surface area (Å²) < 4.78 is 14.5. The van der Waals surface area contributed by atoms with Crippen molar-refractivity contribution in [1.29, 1.82) is 0 Å². The highest BCUT2D eigenvalue weighted by Crippen LogP contribution is 2.02. The molecule has 0 atom stereocenters. The molecule has 0 saturated heterocycles. The first-order valence-corrected chi connectivity index (χ1v) is 3.91. The average molecular weight is 187 g/mol. The van der Waals surface area contributed by atoms with Gasteiger partial charge in [0.25, 0.3) is 0 Å². The predicted molar refractivity (Wildman–Crippen MR) is 45.4 cm³/mol. The van der Waals surface area contributed by atoms with E-state index in [4.69, 9.17) is 14.0 Å². The molecule has 0 fully saturated rings. The van der Waals surface area contributed by atoms with Gasteiger partial charge in [-0.15, -0.1) is 0 Å². The number of hydrogen-bond acceptors (Lipinski definition) is 6. The molecule has 1 rings (SSSR count). The van der Waals surface area contributed by atoms with E-state index in [2.05, 4.69) is 15.5 Å². The van der Waals surface area contributed by atoms with Crippen LogP contribution in [0.2, 0.25) is 0 Å². The fourth-order valence-electron chi connectivity index (χ4n) is 0.774. The first kappa shape index (κ1) is 9.94. The summed E-state index contributed by atoms with van der Waals surface area (Å²) in [7, 11) is 3.21. The molecule has 74 valence electrons. The molecule has 0 bridgehead atoms. The van der Waals surface area contributed by atoms with Crippen LogP contribution in [0.1, 0.15) is 5.82 Å². The highest BCUT2D eigenvalue weighted by molar-refractivity contribution is 5.17. The van der Waals surface area contributed by atoms with Crippen LogP contribution < -0.4 is 5.32 Å². The number of anilines is 1. The number of rotatable bonds is 6. The topological polar surface area (TPSA) is 69.4 Å². The largest absolute Gasteiger partial charge is 0.383 e. The van der Waals surface area contributed by atoms with Gasteiger partial charge < -0.3 is 19.3 Å². The van der Waals surface area contributed by atoms with Crippen LogP contribution in [0.4, 0.5) is 6.01 Å². The molecule has 0 aliphatic rings. The quantitative estimate of drug-likeness (QED) is 0.645. The lowest BCUT2D eigenvalue weighted by atomic mass is 10.6. The second kappa shape index (κ2) is 5.50. The maximum atomic E-state index is 4.86. The lowest BCUT2D eigenvalue weighted by Gasteiger charge is -1.97. The van der Waals surface area contributed by atoms with Crippen LogP contribution in [0.25, 0.3) is 0 Å². The van der Waals surface area contributed by atoms with E-state index in [1.165, 1.54) is 0 Å². The van der Waals surface area contributed by atoms with Gasteiger partial charge in [0.15, 0.2) is 5.82 Å². The van der Waals surface area contributed by atoms with Crippen LogP contribution in [0.3, 0.4) is 0 Å². The van der Waals surface area contributed by atoms with E-state index in [0.29, 0.717) is 31.6 Å². The number of nitrogens with one attached hydrogen (secondary N) is 1. The smallest absolute Gasteiger partial charge is 0.321 e. The summed E-state index contributed by atoms with van der Waals surface area (Å²) in [6.45, 7) is 1.60. The van der Waals surface area contributed by atoms with Crippen molar-refractivity contribution in [2.24, 2.45) is 0 Å². The van der Waals surface area contributed by atoms with Gasteiger partial charge in [-0.3, -0.25) is 0 Å². The third-order valence-electron chi connectivity index (χ3n) is 1.32. The molecule has 0 spiro atoms. The Labute approximate surface area is 76.2 Å². The predicted octanol–water partition coefficient (Wildman–Crippen LogP) is 0.274. The Balaban J connectivity index is 2.31. The number of ether oxygens (including phenoxy) is 2. The Hall–Kier alpha value is -1.14. The van der Waals surface area contributed by atoms with Crippen molar-refractivity contribution in [1.82, 2.24) is 10.1 Å². The van der Waals surface area contributed by atoms with E-state index in [1.807, 2.05) is 0 Å². The minimum atomic E-state index is 0.357. The van der Waals surface area contributed by atoms with Crippen molar-refractivity contribution in [3.8, 4) is 0 Å². The van der Waals surface area contributed by atoms with E-state index >= 15 is 0 Å². The molecule has 0 unspecified atom stereocenters. The summed E-state index contributed by atoms with van der Waals surface area (Å²) in [4.78, 5) is 4.00. The number of nitrogens with zero attached hydrogens (tertiary/aromatic N) is 2. The maximum absolute atomic E-state index is 4.86. The van der Waals surface area contributed by atoms with Crippen molar-refractivity contribution in [2.75, 3.05) is 32.7 Å². The Morgan fingerprint density at radius 3 is 2.92 bits per heavy atom. The molecule has 6 heteroatoms. The summed E-state index contributed by atoms with van der Waals surface area (Å²) in [5.41, 5.74) is 0. The highest BCUT2D eigenvalue weighted by atomic mass is 16.5. The molecule has 0 aliphatic carbocycles. The van der Waals surface area contributed by atoms with Crippen molar-refractivity contribution in [2.45, 2.75) is 6.61 Å². The van der Waals surface area contributed by atoms with Gasteiger partial charge in [-0.05, 0) is 0 Å². The lowest BCUT2D eigenvalue weighted by Crippen LogP contribution is -2.07. The van der Waals surface area contributed by atoms with Gasteiger partial charge in [0.05, 0.1) is 6.61 Å². The zero-order chi connectivity index (χ0) is 9.52. The van der Waals surface area contributed by atoms with Crippen molar-refractivity contribution >= 4 is 6.01 Å². The van der Waals surface area contributed by atoms with Crippen molar-refractivity contribution < 1.29 is 14.0 Å². The molecule has 0 radical (unpaired) electrons. The van der Waals surface area contributed by atoms with Crippen LogP contribution in [0.5, 0.6) is 0 Å². The number of aromatic nitrogens is 2. The number of hydrogen-bond donors (Lipinski definition) is 1. The summed E-state index contributed by atoms with van der Waals surface area (Å²) in [5.74, 6) is 0.530. The van der Waals surface area contributed by atoms with Crippen LogP contribution in [-0.4, -0.2) is 37.5 Å². The molecule has 1 aromatic rings. The summed E-state index contributed by atoms with van der Waals surface area (Å²) in [6.07, 6.45) is 0. The fraction of sp³-hybridized carbons (Fsp3) is 0.714. The fourth-order valence-corrected chi connectivity index (χ4v) is 0.774. The number of methoxy groups -OCH3 is 2. The van der Waals surface area contributed by atoms with E-state index in [9.17, 15) is 0 Å². The average Bonchev–Trinajstić information content (AvgIpc) is 2.54. The molecule has 0 aliphatic heterocycles. The molecule has 0 amide bonds. The zero-order valence-electron chi connectivity index (χ0n) is 7.74. The first-order chi connectivity index (χ1) is 6.36. The van der Waals surface area contributed by atoms with E-state index in [1.54, 1.807) is 14.2 Å². The second-order valence-corrected chi connectivity index (χ2v) is 2.37. The van der Waals surface area contributed by atoms with Gasteiger partial charge in [-0.2, -0.15) is 4.98 Å². The Kier molecular flexibility index (Phi) is 4.20. The van der Waals surface area contributed by atoms with Crippen molar-refractivity contribution in [3.63, 3.8) is 0 Å². The van der Waals surface area contributed by atoms with Crippen LogP contribution in [0.15, 0.2) is 4.52 Å². The van der Waals surface area contributed by atoms with Gasteiger partial charge in [-0.25, -0.2) is 0 Å². The van der Waals surface area contributed by atoms with Gasteiger partial charge >= 0.3 is 6.01 Å². The van der Waals surface area contributed by atoms with Crippen LogP contribution in [0, 0.1) is 0 Å². The van der Waals surface area contributed by atoms with Crippen LogP contribution >= 0.6 is 0 Å². The minimum absolute atomic E-state index is 0.357. The zero-order valence-corrected chi connectivity index (χ0v) is 7.74. The maximum Gasteiger partial charge on any atom is 0.321 e. The molecule has 1 heterocycles. The third kappa shape index (κ3) is 3.39.